The van der Waals surface area contributed by atoms with Gasteiger partial charge in [-0.1, -0.05) is 30.7 Å². The molecule has 0 atom stereocenters. The maximum absolute atomic E-state index is 13.1. The van der Waals surface area contributed by atoms with Crippen LogP contribution in [-0.4, -0.2) is 14.3 Å². The third-order valence-electron chi connectivity index (χ3n) is 4.62. The molecule has 0 radical (unpaired) electrons. The Morgan fingerprint density at radius 2 is 1.68 bits per heavy atom. The minimum atomic E-state index is -3.59. The molecule has 0 heterocycles. The summed E-state index contributed by atoms with van der Waals surface area (Å²) in [5.41, 5.74) is 1.31. The number of nitrogens with one attached hydrogen (secondary N) is 1. The van der Waals surface area contributed by atoms with Crippen molar-refractivity contribution in [3.8, 4) is 0 Å². The van der Waals surface area contributed by atoms with E-state index in [0.29, 0.717) is 24.1 Å². The molecule has 0 unspecified atom stereocenters. The predicted molar refractivity (Wildman–Crippen MR) is 93.8 cm³/mol. The van der Waals surface area contributed by atoms with Crippen LogP contribution in [0.15, 0.2) is 48.5 Å². The molecule has 3 N–H and O–H groups in total. The fraction of sp³-hybridized carbons (Fsp3) is 0.278. The van der Waals surface area contributed by atoms with Gasteiger partial charge in [0.25, 0.3) is 0 Å². The Labute approximate surface area is 146 Å². The molecule has 0 bridgehead atoms. The number of carbonyl (C=O) groups is 1. The maximum atomic E-state index is 13.1. The normalized spacial score (nSPS) is 16.1. The Balaban J connectivity index is 1.75. The summed E-state index contributed by atoms with van der Waals surface area (Å²) in [6, 6.07) is 12.6. The lowest BCUT2D eigenvalue weighted by Gasteiger charge is -2.40. The molecule has 0 saturated heterocycles. The SMILES string of the molecule is NS(=O)(=O)Cc1ccc(NC(=O)C2(c3ccc(F)cc3)CCC2)cc1. The van der Waals surface area contributed by atoms with Crippen LogP contribution in [0.1, 0.15) is 30.4 Å². The van der Waals surface area contributed by atoms with Crippen LogP contribution in [-0.2, 0) is 26.0 Å². The monoisotopic (exact) mass is 362 g/mol. The summed E-state index contributed by atoms with van der Waals surface area (Å²) in [4.78, 5) is 12.8. The Hall–Kier alpha value is -2.25. The highest BCUT2D eigenvalue weighted by Gasteiger charge is 2.45. The number of hydrogen-bond acceptors (Lipinski definition) is 3. The summed E-state index contributed by atoms with van der Waals surface area (Å²) >= 11 is 0. The average molecular weight is 362 g/mol. The van der Waals surface area contributed by atoms with Gasteiger partial charge < -0.3 is 5.32 Å². The standard InChI is InChI=1S/C18H19FN2O3S/c19-15-6-4-14(5-7-15)18(10-1-11-18)17(22)21-16-8-2-13(3-9-16)12-25(20,23)24/h2-9H,1,10-12H2,(H,21,22)(H2,20,23,24). The third kappa shape index (κ3) is 3.88. The molecular formula is C18H19FN2O3S. The van der Waals surface area contributed by atoms with Crippen molar-refractivity contribution in [1.29, 1.82) is 0 Å². The zero-order chi connectivity index (χ0) is 18.1. The van der Waals surface area contributed by atoms with Gasteiger partial charge in [-0.15, -0.1) is 0 Å². The van der Waals surface area contributed by atoms with E-state index in [1.807, 2.05) is 0 Å². The minimum Gasteiger partial charge on any atom is -0.325 e. The van der Waals surface area contributed by atoms with Crippen LogP contribution in [0.3, 0.4) is 0 Å². The van der Waals surface area contributed by atoms with Crippen LogP contribution < -0.4 is 10.5 Å². The number of primary sulfonamides is 1. The van der Waals surface area contributed by atoms with Gasteiger partial charge in [-0.2, -0.15) is 0 Å². The number of sulfonamides is 1. The van der Waals surface area contributed by atoms with Crippen LogP contribution in [0.5, 0.6) is 0 Å². The Morgan fingerprint density at radius 1 is 1.08 bits per heavy atom. The van der Waals surface area contributed by atoms with E-state index in [0.717, 1.165) is 12.0 Å². The molecular weight excluding hydrogens is 343 g/mol. The van der Waals surface area contributed by atoms with Crippen molar-refractivity contribution in [3.63, 3.8) is 0 Å². The van der Waals surface area contributed by atoms with Gasteiger partial charge in [0, 0.05) is 5.69 Å². The van der Waals surface area contributed by atoms with Crippen LogP contribution in [0.4, 0.5) is 10.1 Å². The smallest absolute Gasteiger partial charge is 0.235 e. The maximum Gasteiger partial charge on any atom is 0.235 e. The molecule has 1 aliphatic carbocycles. The zero-order valence-electron chi connectivity index (χ0n) is 13.5. The molecule has 1 aliphatic rings. The molecule has 3 rings (SSSR count). The van der Waals surface area contributed by atoms with Crippen LogP contribution in [0.25, 0.3) is 0 Å². The van der Waals surface area contributed by atoms with Gasteiger partial charge in [-0.05, 0) is 48.2 Å². The number of amides is 1. The van der Waals surface area contributed by atoms with Crippen molar-refractivity contribution in [2.45, 2.75) is 30.4 Å². The van der Waals surface area contributed by atoms with Crippen molar-refractivity contribution in [2.75, 3.05) is 5.32 Å². The van der Waals surface area contributed by atoms with Crippen molar-refractivity contribution in [1.82, 2.24) is 0 Å². The van der Waals surface area contributed by atoms with Gasteiger partial charge in [0.15, 0.2) is 0 Å². The second-order valence-corrected chi connectivity index (χ2v) is 8.02. The highest BCUT2D eigenvalue weighted by molar-refractivity contribution is 7.88. The molecule has 2 aromatic rings. The summed E-state index contributed by atoms with van der Waals surface area (Å²) < 4.78 is 35.4. The van der Waals surface area contributed by atoms with Crippen molar-refractivity contribution in [3.05, 3.63) is 65.5 Å². The van der Waals surface area contributed by atoms with Crippen LogP contribution >= 0.6 is 0 Å². The number of anilines is 1. The number of rotatable bonds is 5. The van der Waals surface area contributed by atoms with Crippen molar-refractivity contribution >= 4 is 21.6 Å². The van der Waals surface area contributed by atoms with E-state index >= 15 is 0 Å². The minimum absolute atomic E-state index is 0.135. The highest BCUT2D eigenvalue weighted by atomic mass is 32.2. The lowest BCUT2D eigenvalue weighted by atomic mass is 9.64. The number of hydrogen-bond donors (Lipinski definition) is 2. The molecule has 0 aromatic heterocycles. The van der Waals surface area contributed by atoms with Gasteiger partial charge in [-0.3, -0.25) is 4.79 Å². The summed E-state index contributed by atoms with van der Waals surface area (Å²) in [6.45, 7) is 0. The zero-order valence-corrected chi connectivity index (χ0v) is 14.4. The van der Waals surface area contributed by atoms with E-state index in [1.54, 1.807) is 36.4 Å². The molecule has 1 saturated carbocycles. The van der Waals surface area contributed by atoms with Gasteiger partial charge >= 0.3 is 0 Å². The first-order valence-electron chi connectivity index (χ1n) is 7.95. The van der Waals surface area contributed by atoms with Crippen LogP contribution in [0, 0.1) is 5.82 Å². The summed E-state index contributed by atoms with van der Waals surface area (Å²) in [6.07, 6.45) is 2.38. The predicted octanol–water partition coefficient (Wildman–Crippen LogP) is 2.67. The molecule has 25 heavy (non-hydrogen) atoms. The van der Waals surface area contributed by atoms with E-state index in [-0.39, 0.29) is 17.5 Å². The van der Waals surface area contributed by atoms with E-state index in [9.17, 15) is 17.6 Å². The fourth-order valence-electron chi connectivity index (χ4n) is 3.11. The molecule has 1 amide bonds. The number of nitrogens with two attached hydrogens (primary N) is 1. The number of carbonyl (C=O) groups excluding carboxylic acids is 1. The van der Waals surface area contributed by atoms with E-state index in [4.69, 9.17) is 5.14 Å². The molecule has 0 aliphatic heterocycles. The lowest BCUT2D eigenvalue weighted by molar-refractivity contribution is -0.124. The summed E-state index contributed by atoms with van der Waals surface area (Å²) in [7, 11) is -3.59. The fourth-order valence-corrected chi connectivity index (χ4v) is 3.77. The largest absolute Gasteiger partial charge is 0.325 e. The molecule has 0 spiro atoms. The second-order valence-electron chi connectivity index (χ2n) is 6.40. The molecule has 5 nitrogen and oxygen atoms in total. The van der Waals surface area contributed by atoms with Crippen molar-refractivity contribution in [2.24, 2.45) is 5.14 Å². The first-order chi connectivity index (χ1) is 11.8. The van der Waals surface area contributed by atoms with Gasteiger partial charge in [0.1, 0.15) is 5.82 Å². The lowest BCUT2D eigenvalue weighted by Crippen LogP contribution is -2.46. The first-order valence-corrected chi connectivity index (χ1v) is 9.67. The van der Waals surface area contributed by atoms with E-state index in [1.165, 1.54) is 12.1 Å². The number of benzene rings is 2. The second kappa shape index (κ2) is 6.57. The van der Waals surface area contributed by atoms with Gasteiger partial charge in [0.2, 0.25) is 15.9 Å². The molecule has 1 fully saturated rings. The Bertz CT molecular complexity index is 874. The first kappa shape index (κ1) is 17.6. The van der Waals surface area contributed by atoms with Crippen LogP contribution in [0.2, 0.25) is 0 Å². The molecule has 2 aromatic carbocycles. The molecule has 132 valence electrons. The molecule has 7 heteroatoms. The quantitative estimate of drug-likeness (QED) is 0.857. The highest BCUT2D eigenvalue weighted by Crippen LogP contribution is 2.44. The Kier molecular flexibility index (Phi) is 4.62. The summed E-state index contributed by atoms with van der Waals surface area (Å²) in [5, 5.41) is 7.89. The number of halogens is 1. The van der Waals surface area contributed by atoms with Gasteiger partial charge in [-0.25, -0.2) is 17.9 Å². The Morgan fingerprint density at radius 3 is 2.16 bits per heavy atom. The van der Waals surface area contributed by atoms with E-state index < -0.39 is 15.4 Å². The third-order valence-corrected chi connectivity index (χ3v) is 5.35. The average Bonchev–Trinajstić information content (AvgIpc) is 2.48. The van der Waals surface area contributed by atoms with Gasteiger partial charge in [0.05, 0.1) is 11.2 Å². The van der Waals surface area contributed by atoms with Crippen molar-refractivity contribution < 1.29 is 17.6 Å². The topological polar surface area (TPSA) is 89.3 Å². The van der Waals surface area contributed by atoms with E-state index in [2.05, 4.69) is 5.32 Å². The summed E-state index contributed by atoms with van der Waals surface area (Å²) in [5.74, 6) is -0.713.